The Labute approximate surface area is 136 Å². The van der Waals surface area contributed by atoms with E-state index in [4.69, 9.17) is 16.4 Å². The molecule has 0 aromatic heterocycles. The van der Waals surface area contributed by atoms with Crippen LogP contribution in [0.1, 0.15) is 25.3 Å². The molecule has 1 amide bonds. The first-order chi connectivity index (χ1) is 10.4. The lowest BCUT2D eigenvalue weighted by Gasteiger charge is -2.20. The van der Waals surface area contributed by atoms with E-state index in [0.29, 0.717) is 23.7 Å². The molecule has 0 bridgehead atoms. The van der Waals surface area contributed by atoms with Crippen LogP contribution in [0.25, 0.3) is 0 Å². The maximum atomic E-state index is 12.3. The fourth-order valence-corrected chi connectivity index (χ4v) is 2.53. The van der Waals surface area contributed by atoms with Crippen molar-refractivity contribution in [2.45, 2.75) is 25.4 Å². The van der Waals surface area contributed by atoms with Crippen molar-refractivity contribution >= 4 is 23.2 Å². The summed E-state index contributed by atoms with van der Waals surface area (Å²) in [5.74, 6) is -0.142. The minimum Gasteiger partial charge on any atom is -0.379 e. The Morgan fingerprint density at radius 3 is 2.86 bits per heavy atom. The number of nitrogens with one attached hydrogen (secondary N) is 1. The van der Waals surface area contributed by atoms with Crippen LogP contribution in [0.4, 0.5) is 0 Å². The van der Waals surface area contributed by atoms with Gasteiger partial charge in [-0.3, -0.25) is 4.79 Å². The van der Waals surface area contributed by atoms with Crippen LogP contribution in [-0.4, -0.2) is 49.3 Å². The molecule has 1 heterocycles. The smallest absolute Gasteiger partial charge is 0.267 e. The Morgan fingerprint density at radius 1 is 1.45 bits per heavy atom. The summed E-state index contributed by atoms with van der Waals surface area (Å²) in [4.78, 5) is 19.8. The largest absolute Gasteiger partial charge is 0.379 e. The van der Waals surface area contributed by atoms with Gasteiger partial charge in [-0.1, -0.05) is 35.0 Å². The standard InChI is InChI=1S/C16H22ClN3O2/c1-16(15(21)18-9-6-10-20(2)3)11-14(19-22-16)12-7-4-5-8-13(12)17/h4-5,7-8H,6,9-11H2,1-3H3,(H,18,21)/t16-/m0/s1. The van der Waals surface area contributed by atoms with Gasteiger partial charge in [-0.05, 0) is 40.1 Å². The van der Waals surface area contributed by atoms with E-state index in [0.717, 1.165) is 18.5 Å². The molecule has 6 heteroatoms. The highest BCUT2D eigenvalue weighted by molar-refractivity contribution is 6.34. The molecule has 5 nitrogen and oxygen atoms in total. The molecule has 22 heavy (non-hydrogen) atoms. The molecule has 1 atom stereocenters. The van der Waals surface area contributed by atoms with E-state index >= 15 is 0 Å². The first-order valence-electron chi connectivity index (χ1n) is 7.35. The van der Waals surface area contributed by atoms with Gasteiger partial charge in [0.25, 0.3) is 5.91 Å². The van der Waals surface area contributed by atoms with E-state index in [1.165, 1.54) is 0 Å². The normalized spacial score (nSPS) is 20.7. The van der Waals surface area contributed by atoms with Crippen LogP contribution in [0.2, 0.25) is 5.02 Å². The summed E-state index contributed by atoms with van der Waals surface area (Å²) in [5, 5.41) is 7.58. The van der Waals surface area contributed by atoms with Gasteiger partial charge in [-0.2, -0.15) is 0 Å². The molecule has 1 aromatic rings. The first kappa shape index (κ1) is 16.8. The zero-order valence-electron chi connectivity index (χ0n) is 13.2. The number of oxime groups is 1. The number of halogens is 1. The molecule has 0 aliphatic carbocycles. The van der Waals surface area contributed by atoms with Crippen LogP contribution < -0.4 is 5.32 Å². The molecule has 0 radical (unpaired) electrons. The summed E-state index contributed by atoms with van der Waals surface area (Å²) in [6, 6.07) is 7.43. The van der Waals surface area contributed by atoms with Crippen molar-refractivity contribution in [2.24, 2.45) is 5.16 Å². The Balaban J connectivity index is 1.91. The Morgan fingerprint density at radius 2 is 2.18 bits per heavy atom. The van der Waals surface area contributed by atoms with Crippen molar-refractivity contribution in [3.05, 3.63) is 34.9 Å². The van der Waals surface area contributed by atoms with Crippen molar-refractivity contribution in [3.8, 4) is 0 Å². The summed E-state index contributed by atoms with van der Waals surface area (Å²) in [7, 11) is 4.01. The molecule has 0 spiro atoms. The number of hydrogen-bond acceptors (Lipinski definition) is 4. The van der Waals surface area contributed by atoms with Gasteiger partial charge in [-0.25, -0.2) is 0 Å². The van der Waals surface area contributed by atoms with E-state index < -0.39 is 5.60 Å². The summed E-state index contributed by atoms with van der Waals surface area (Å²) in [6.45, 7) is 3.30. The van der Waals surface area contributed by atoms with Crippen molar-refractivity contribution in [2.75, 3.05) is 27.2 Å². The van der Waals surface area contributed by atoms with Crippen LogP contribution in [0.3, 0.4) is 0 Å². The predicted octanol–water partition coefficient (Wildman–Crippen LogP) is 2.29. The lowest BCUT2D eigenvalue weighted by atomic mass is 9.95. The second-order valence-corrected chi connectivity index (χ2v) is 6.34. The quantitative estimate of drug-likeness (QED) is 0.817. The third-order valence-corrected chi connectivity index (χ3v) is 3.92. The first-order valence-corrected chi connectivity index (χ1v) is 7.73. The third-order valence-electron chi connectivity index (χ3n) is 3.59. The maximum absolute atomic E-state index is 12.3. The number of nitrogens with zero attached hydrogens (tertiary/aromatic N) is 2. The summed E-state index contributed by atoms with van der Waals surface area (Å²) in [6.07, 6.45) is 1.31. The SMILES string of the molecule is CN(C)CCCNC(=O)[C@]1(C)CC(c2ccccc2Cl)=NO1. The number of rotatable bonds is 6. The van der Waals surface area contributed by atoms with Crippen molar-refractivity contribution in [3.63, 3.8) is 0 Å². The lowest BCUT2D eigenvalue weighted by Crippen LogP contribution is -2.45. The zero-order valence-corrected chi connectivity index (χ0v) is 14.0. The van der Waals surface area contributed by atoms with Crippen LogP contribution in [-0.2, 0) is 9.63 Å². The van der Waals surface area contributed by atoms with Crippen molar-refractivity contribution < 1.29 is 9.63 Å². The van der Waals surface area contributed by atoms with Gasteiger partial charge >= 0.3 is 0 Å². The molecule has 0 saturated heterocycles. The maximum Gasteiger partial charge on any atom is 0.267 e. The van der Waals surface area contributed by atoms with E-state index in [9.17, 15) is 4.79 Å². The second-order valence-electron chi connectivity index (χ2n) is 5.93. The lowest BCUT2D eigenvalue weighted by molar-refractivity contribution is -0.141. The fourth-order valence-electron chi connectivity index (χ4n) is 2.29. The molecule has 1 aliphatic heterocycles. The van der Waals surface area contributed by atoms with E-state index in [-0.39, 0.29) is 5.91 Å². The predicted molar refractivity (Wildman–Crippen MR) is 88.3 cm³/mol. The van der Waals surface area contributed by atoms with Gasteiger partial charge < -0.3 is 15.1 Å². The van der Waals surface area contributed by atoms with Gasteiger partial charge in [0, 0.05) is 23.6 Å². The van der Waals surface area contributed by atoms with Crippen LogP contribution in [0.5, 0.6) is 0 Å². The number of carbonyl (C=O) groups is 1. The van der Waals surface area contributed by atoms with Gasteiger partial charge in [0.05, 0.1) is 5.71 Å². The molecule has 0 fully saturated rings. The highest BCUT2D eigenvalue weighted by atomic mass is 35.5. The van der Waals surface area contributed by atoms with Gasteiger partial charge in [0.2, 0.25) is 5.60 Å². The van der Waals surface area contributed by atoms with Crippen LogP contribution in [0, 0.1) is 0 Å². The summed E-state index contributed by atoms with van der Waals surface area (Å²) < 4.78 is 0. The molecule has 1 N–H and O–H groups in total. The number of amides is 1. The van der Waals surface area contributed by atoms with E-state index in [1.807, 2.05) is 32.3 Å². The molecule has 1 aliphatic rings. The molecular weight excluding hydrogens is 302 g/mol. The number of benzene rings is 1. The van der Waals surface area contributed by atoms with Gasteiger partial charge in [-0.15, -0.1) is 0 Å². The number of carbonyl (C=O) groups excluding carboxylic acids is 1. The van der Waals surface area contributed by atoms with Crippen molar-refractivity contribution in [1.29, 1.82) is 0 Å². The summed E-state index contributed by atoms with van der Waals surface area (Å²) >= 11 is 6.17. The highest BCUT2D eigenvalue weighted by Gasteiger charge is 2.42. The fraction of sp³-hybridized carbons (Fsp3) is 0.500. The van der Waals surface area contributed by atoms with E-state index in [1.54, 1.807) is 13.0 Å². The zero-order chi connectivity index (χ0) is 16.2. The van der Waals surface area contributed by atoms with Gasteiger partial charge in [0.1, 0.15) is 0 Å². The average molecular weight is 324 g/mol. The van der Waals surface area contributed by atoms with Crippen molar-refractivity contribution in [1.82, 2.24) is 10.2 Å². The molecular formula is C16H22ClN3O2. The minimum absolute atomic E-state index is 0.142. The third kappa shape index (κ3) is 3.99. The summed E-state index contributed by atoms with van der Waals surface area (Å²) in [5.41, 5.74) is 0.553. The number of hydrogen-bond donors (Lipinski definition) is 1. The Hall–Kier alpha value is -1.59. The Kier molecular flexibility index (Phi) is 5.42. The molecule has 1 aromatic carbocycles. The van der Waals surface area contributed by atoms with Crippen LogP contribution >= 0.6 is 11.6 Å². The van der Waals surface area contributed by atoms with Gasteiger partial charge in [0.15, 0.2) is 0 Å². The molecule has 0 saturated carbocycles. The minimum atomic E-state index is -0.966. The Bertz CT molecular complexity index is 574. The van der Waals surface area contributed by atoms with E-state index in [2.05, 4.69) is 15.4 Å². The molecule has 2 rings (SSSR count). The highest BCUT2D eigenvalue weighted by Crippen LogP contribution is 2.29. The topological polar surface area (TPSA) is 53.9 Å². The van der Waals surface area contributed by atoms with Crippen LogP contribution in [0.15, 0.2) is 29.4 Å². The monoisotopic (exact) mass is 323 g/mol. The molecule has 120 valence electrons. The molecule has 0 unspecified atom stereocenters. The second kappa shape index (κ2) is 7.11. The average Bonchev–Trinajstić information content (AvgIpc) is 2.87.